The lowest BCUT2D eigenvalue weighted by molar-refractivity contribution is -0.0829. The summed E-state index contributed by atoms with van der Waals surface area (Å²) < 4.78 is 5.55. The molecule has 0 aromatic carbocycles. The number of hydrogen-bond donors (Lipinski definition) is 1. The third-order valence-electron chi connectivity index (χ3n) is 2.11. The number of rotatable bonds is 2. The van der Waals surface area contributed by atoms with E-state index >= 15 is 0 Å². The number of ether oxygens (including phenoxy) is 1. The van der Waals surface area contributed by atoms with Gasteiger partial charge in [-0.2, -0.15) is 0 Å². The van der Waals surface area contributed by atoms with E-state index in [0.29, 0.717) is 0 Å². The molecule has 1 aliphatic carbocycles. The van der Waals surface area contributed by atoms with Crippen molar-refractivity contribution >= 4 is 0 Å². The molecule has 66 valence electrons. The minimum atomic E-state index is -0.217. The van der Waals surface area contributed by atoms with E-state index in [1.165, 1.54) is 6.42 Å². The summed E-state index contributed by atoms with van der Waals surface area (Å²) in [5, 5.41) is 9.49. The minimum absolute atomic E-state index is 0.101. The first kappa shape index (κ1) is 9.01. The number of hydrogen-bond acceptors (Lipinski definition) is 2. The first-order valence-electron chi connectivity index (χ1n) is 4.53. The average molecular weight is 158 g/mol. The molecular formula is C9H18O2. The van der Waals surface area contributed by atoms with Crippen molar-refractivity contribution in [2.75, 3.05) is 0 Å². The van der Waals surface area contributed by atoms with Crippen LogP contribution in [0.1, 0.15) is 39.5 Å². The maximum absolute atomic E-state index is 9.49. The molecule has 0 aromatic heterocycles. The van der Waals surface area contributed by atoms with Crippen LogP contribution in [0.3, 0.4) is 0 Å². The molecule has 0 heterocycles. The lowest BCUT2D eigenvalue weighted by atomic mass is 9.95. The molecule has 0 aromatic rings. The third kappa shape index (κ3) is 2.80. The van der Waals surface area contributed by atoms with Gasteiger partial charge in [0, 0.05) is 0 Å². The smallest absolute Gasteiger partial charge is 0.0837 e. The molecule has 0 bridgehead atoms. The number of aliphatic hydroxyl groups is 1. The highest BCUT2D eigenvalue weighted by atomic mass is 16.5. The second-order valence-electron chi connectivity index (χ2n) is 3.58. The van der Waals surface area contributed by atoms with Gasteiger partial charge in [-0.25, -0.2) is 0 Å². The maximum Gasteiger partial charge on any atom is 0.0837 e. The van der Waals surface area contributed by atoms with Crippen molar-refractivity contribution in [2.45, 2.75) is 57.8 Å². The summed E-state index contributed by atoms with van der Waals surface area (Å²) >= 11 is 0. The largest absolute Gasteiger partial charge is 0.390 e. The van der Waals surface area contributed by atoms with Crippen molar-refractivity contribution in [1.29, 1.82) is 0 Å². The van der Waals surface area contributed by atoms with Gasteiger partial charge in [-0.15, -0.1) is 0 Å². The molecule has 0 unspecified atom stereocenters. The van der Waals surface area contributed by atoms with Crippen LogP contribution >= 0.6 is 0 Å². The van der Waals surface area contributed by atoms with Crippen molar-refractivity contribution < 1.29 is 9.84 Å². The van der Waals surface area contributed by atoms with Crippen LogP contribution in [0.15, 0.2) is 0 Å². The molecule has 1 fully saturated rings. The lowest BCUT2D eigenvalue weighted by Crippen LogP contribution is -2.34. The Kier molecular flexibility index (Phi) is 3.34. The molecule has 0 spiro atoms. The Hall–Kier alpha value is -0.0800. The van der Waals surface area contributed by atoms with Gasteiger partial charge < -0.3 is 9.84 Å². The first-order chi connectivity index (χ1) is 5.20. The van der Waals surface area contributed by atoms with Crippen LogP contribution in [0.25, 0.3) is 0 Å². The maximum atomic E-state index is 9.49. The summed E-state index contributed by atoms with van der Waals surface area (Å²) in [6.45, 7) is 4.03. The highest BCUT2D eigenvalue weighted by Crippen LogP contribution is 2.21. The van der Waals surface area contributed by atoms with Crippen molar-refractivity contribution in [3.63, 3.8) is 0 Å². The number of aliphatic hydroxyl groups excluding tert-OH is 1. The van der Waals surface area contributed by atoms with Gasteiger partial charge >= 0.3 is 0 Å². The van der Waals surface area contributed by atoms with Gasteiger partial charge in [-0.1, -0.05) is 12.8 Å². The summed E-state index contributed by atoms with van der Waals surface area (Å²) in [7, 11) is 0. The molecule has 0 radical (unpaired) electrons. The Bertz CT molecular complexity index is 112. The zero-order chi connectivity index (χ0) is 8.27. The van der Waals surface area contributed by atoms with Gasteiger partial charge in [0.1, 0.15) is 0 Å². The Balaban J connectivity index is 2.29. The molecular weight excluding hydrogens is 140 g/mol. The third-order valence-corrected chi connectivity index (χ3v) is 2.11. The predicted molar refractivity (Wildman–Crippen MR) is 44.5 cm³/mol. The van der Waals surface area contributed by atoms with Gasteiger partial charge in [-0.3, -0.25) is 0 Å². The molecule has 1 rings (SSSR count). The molecule has 1 N–H and O–H groups in total. The second-order valence-corrected chi connectivity index (χ2v) is 3.58. The Morgan fingerprint density at radius 3 is 2.45 bits per heavy atom. The first-order valence-corrected chi connectivity index (χ1v) is 4.53. The van der Waals surface area contributed by atoms with Crippen molar-refractivity contribution in [2.24, 2.45) is 0 Å². The normalized spacial score (nSPS) is 32.7. The zero-order valence-corrected chi connectivity index (χ0v) is 7.42. The Labute approximate surface area is 68.6 Å². The topological polar surface area (TPSA) is 29.5 Å². The average Bonchev–Trinajstić information content (AvgIpc) is 1.93. The van der Waals surface area contributed by atoms with Crippen LogP contribution in [0.2, 0.25) is 0 Å². The van der Waals surface area contributed by atoms with Crippen molar-refractivity contribution in [3.8, 4) is 0 Å². The quantitative estimate of drug-likeness (QED) is 0.663. The van der Waals surface area contributed by atoms with Crippen LogP contribution in [0, 0.1) is 0 Å². The highest BCUT2D eigenvalue weighted by molar-refractivity contribution is 4.75. The summed E-state index contributed by atoms with van der Waals surface area (Å²) in [5.74, 6) is 0. The van der Waals surface area contributed by atoms with Crippen LogP contribution in [0.5, 0.6) is 0 Å². The standard InChI is InChI=1S/C9H18O2/c1-7(2)11-9-6-4-3-5-8(9)10/h7-10H,3-6H2,1-2H3/t8-,9-/m1/s1. The van der Waals surface area contributed by atoms with Gasteiger partial charge in [-0.05, 0) is 26.7 Å². The molecule has 1 aliphatic rings. The monoisotopic (exact) mass is 158 g/mol. The van der Waals surface area contributed by atoms with E-state index in [4.69, 9.17) is 4.74 Å². The van der Waals surface area contributed by atoms with E-state index < -0.39 is 0 Å². The highest BCUT2D eigenvalue weighted by Gasteiger charge is 2.23. The molecule has 2 heteroatoms. The molecule has 2 nitrogen and oxygen atoms in total. The van der Waals surface area contributed by atoms with E-state index in [1.54, 1.807) is 0 Å². The fourth-order valence-electron chi connectivity index (χ4n) is 1.59. The summed E-state index contributed by atoms with van der Waals surface area (Å²) in [5.41, 5.74) is 0. The zero-order valence-electron chi connectivity index (χ0n) is 7.42. The molecule has 11 heavy (non-hydrogen) atoms. The van der Waals surface area contributed by atoms with Crippen LogP contribution < -0.4 is 0 Å². The molecule has 0 amide bonds. The van der Waals surface area contributed by atoms with Gasteiger partial charge in [0.15, 0.2) is 0 Å². The summed E-state index contributed by atoms with van der Waals surface area (Å²) in [6, 6.07) is 0. The van der Waals surface area contributed by atoms with Crippen LogP contribution in [0.4, 0.5) is 0 Å². The lowest BCUT2D eigenvalue weighted by Gasteiger charge is -2.29. The summed E-state index contributed by atoms with van der Waals surface area (Å²) in [4.78, 5) is 0. The fraction of sp³-hybridized carbons (Fsp3) is 1.00. The van der Waals surface area contributed by atoms with Gasteiger partial charge in [0.05, 0.1) is 18.3 Å². The van der Waals surface area contributed by atoms with E-state index in [2.05, 4.69) is 0 Å². The van der Waals surface area contributed by atoms with Crippen LogP contribution in [-0.4, -0.2) is 23.4 Å². The molecule has 0 saturated heterocycles. The fourth-order valence-corrected chi connectivity index (χ4v) is 1.59. The van der Waals surface area contributed by atoms with E-state index in [1.807, 2.05) is 13.8 Å². The second kappa shape index (κ2) is 4.07. The minimum Gasteiger partial charge on any atom is -0.390 e. The van der Waals surface area contributed by atoms with E-state index in [9.17, 15) is 5.11 Å². The van der Waals surface area contributed by atoms with Crippen LogP contribution in [-0.2, 0) is 4.74 Å². The Morgan fingerprint density at radius 1 is 1.27 bits per heavy atom. The molecule has 1 saturated carbocycles. The molecule has 0 aliphatic heterocycles. The van der Waals surface area contributed by atoms with E-state index in [-0.39, 0.29) is 18.3 Å². The van der Waals surface area contributed by atoms with Crippen molar-refractivity contribution in [1.82, 2.24) is 0 Å². The predicted octanol–water partition coefficient (Wildman–Crippen LogP) is 1.71. The Morgan fingerprint density at radius 2 is 1.91 bits per heavy atom. The van der Waals surface area contributed by atoms with Gasteiger partial charge in [0.25, 0.3) is 0 Å². The van der Waals surface area contributed by atoms with Gasteiger partial charge in [0.2, 0.25) is 0 Å². The molecule has 2 atom stereocenters. The SMILES string of the molecule is CC(C)O[C@@H]1CCCC[C@H]1O. The van der Waals surface area contributed by atoms with Crippen molar-refractivity contribution in [3.05, 3.63) is 0 Å². The summed E-state index contributed by atoms with van der Waals surface area (Å²) in [6.07, 6.45) is 4.42. The van der Waals surface area contributed by atoms with E-state index in [0.717, 1.165) is 19.3 Å².